The molecule has 0 radical (unpaired) electrons. The van der Waals surface area contributed by atoms with E-state index in [1.54, 1.807) is 0 Å². The first-order valence-corrected chi connectivity index (χ1v) is 18.0. The minimum absolute atomic E-state index is 1.18. The van der Waals surface area contributed by atoms with Gasteiger partial charge in [0.2, 0.25) is 0 Å². The van der Waals surface area contributed by atoms with Gasteiger partial charge >= 0.3 is 0 Å². The van der Waals surface area contributed by atoms with Gasteiger partial charge in [-0.15, -0.1) is 0 Å². The third-order valence-corrected chi connectivity index (χ3v) is 11.1. The SMILES string of the molecule is c1ccc(-c2c3c(c(-c4ccccc4)c4cc(-c5c6ccccc6c(-c6ccncc6)c6ccccc56)ccc24)-c2cccc4cccc-3c24)cc1. The second-order valence-electron chi connectivity index (χ2n) is 13.8. The summed E-state index contributed by atoms with van der Waals surface area (Å²) < 4.78 is 0. The van der Waals surface area contributed by atoms with Gasteiger partial charge in [0, 0.05) is 12.4 Å². The summed E-state index contributed by atoms with van der Waals surface area (Å²) in [6, 6.07) is 64.9. The number of fused-ring (bicyclic) bond motifs is 6. The highest BCUT2D eigenvalue weighted by atomic mass is 14.6. The molecule has 1 aliphatic rings. The number of pyridine rings is 1. The van der Waals surface area contributed by atoms with Crippen LogP contribution in [0.5, 0.6) is 0 Å². The van der Waals surface area contributed by atoms with E-state index in [1.807, 2.05) is 12.4 Å². The van der Waals surface area contributed by atoms with Gasteiger partial charge in [-0.2, -0.15) is 0 Å². The molecule has 11 rings (SSSR count). The van der Waals surface area contributed by atoms with E-state index < -0.39 is 0 Å². The number of nitrogens with zero attached hydrogens (tertiary/aromatic N) is 1. The van der Waals surface area contributed by atoms with Crippen molar-refractivity contribution in [1.29, 1.82) is 0 Å². The lowest BCUT2D eigenvalue weighted by molar-refractivity contribution is 1.33. The van der Waals surface area contributed by atoms with Crippen LogP contribution in [0.15, 0.2) is 188 Å². The van der Waals surface area contributed by atoms with Gasteiger partial charge < -0.3 is 0 Å². The van der Waals surface area contributed by atoms with Crippen molar-refractivity contribution in [2.45, 2.75) is 0 Å². The zero-order valence-electron chi connectivity index (χ0n) is 28.3. The smallest absolute Gasteiger partial charge is 0.0273 e. The Morgan fingerprint density at radius 1 is 0.269 bits per heavy atom. The van der Waals surface area contributed by atoms with Crippen LogP contribution in [0.4, 0.5) is 0 Å². The van der Waals surface area contributed by atoms with Gasteiger partial charge in [-0.3, -0.25) is 4.98 Å². The maximum atomic E-state index is 4.34. The number of hydrogen-bond acceptors (Lipinski definition) is 1. The van der Waals surface area contributed by atoms with E-state index in [0.717, 1.165) is 0 Å². The molecule has 240 valence electrons. The first kappa shape index (κ1) is 29.0. The van der Waals surface area contributed by atoms with Gasteiger partial charge in [0.05, 0.1) is 0 Å². The molecule has 1 nitrogen and oxygen atoms in total. The Morgan fingerprint density at radius 3 is 1.25 bits per heavy atom. The lowest BCUT2D eigenvalue weighted by Crippen LogP contribution is -1.95. The largest absolute Gasteiger partial charge is 0.265 e. The highest BCUT2D eigenvalue weighted by molar-refractivity contribution is 6.28. The summed E-state index contributed by atoms with van der Waals surface area (Å²) in [5.74, 6) is 0. The van der Waals surface area contributed by atoms with Gasteiger partial charge in [0.25, 0.3) is 0 Å². The van der Waals surface area contributed by atoms with Crippen molar-refractivity contribution >= 4 is 43.1 Å². The van der Waals surface area contributed by atoms with E-state index in [-0.39, 0.29) is 0 Å². The molecule has 0 amide bonds. The topological polar surface area (TPSA) is 12.9 Å². The van der Waals surface area contributed by atoms with E-state index in [4.69, 9.17) is 0 Å². The molecule has 0 fully saturated rings. The minimum Gasteiger partial charge on any atom is -0.265 e. The number of benzene rings is 9. The summed E-state index contributed by atoms with van der Waals surface area (Å²) in [5.41, 5.74) is 15.2. The molecule has 0 spiro atoms. The molecule has 52 heavy (non-hydrogen) atoms. The van der Waals surface area contributed by atoms with Crippen LogP contribution in [0.3, 0.4) is 0 Å². The van der Waals surface area contributed by atoms with Crippen molar-refractivity contribution < 1.29 is 0 Å². The lowest BCUT2D eigenvalue weighted by Gasteiger charge is -2.22. The van der Waals surface area contributed by atoms with Crippen LogP contribution in [0, 0.1) is 0 Å². The highest BCUT2D eigenvalue weighted by Gasteiger charge is 2.30. The Balaban J connectivity index is 1.32. The number of rotatable bonds is 4. The molecule has 0 bridgehead atoms. The predicted molar refractivity (Wildman–Crippen MR) is 220 cm³/mol. The van der Waals surface area contributed by atoms with Crippen LogP contribution < -0.4 is 0 Å². The summed E-state index contributed by atoms with van der Waals surface area (Å²) in [5, 5.41) is 10.1. The number of hydrogen-bond donors (Lipinski definition) is 0. The monoisotopic (exact) mass is 657 g/mol. The molecule has 1 aromatic heterocycles. The third-order valence-electron chi connectivity index (χ3n) is 11.1. The average molecular weight is 658 g/mol. The van der Waals surface area contributed by atoms with Crippen molar-refractivity contribution in [3.05, 3.63) is 188 Å². The Kier molecular flexibility index (Phi) is 6.32. The zero-order chi connectivity index (χ0) is 34.2. The van der Waals surface area contributed by atoms with Gasteiger partial charge in [0.1, 0.15) is 0 Å². The van der Waals surface area contributed by atoms with Gasteiger partial charge in [0.15, 0.2) is 0 Å². The van der Waals surface area contributed by atoms with Crippen LogP contribution >= 0.6 is 0 Å². The molecular formula is C51H31N. The van der Waals surface area contributed by atoms with Gasteiger partial charge in [-0.1, -0.05) is 158 Å². The van der Waals surface area contributed by atoms with Crippen LogP contribution in [-0.2, 0) is 0 Å². The fourth-order valence-electron chi connectivity index (χ4n) is 9.02. The predicted octanol–water partition coefficient (Wildman–Crippen LogP) is 14.0. The second-order valence-corrected chi connectivity index (χ2v) is 13.8. The van der Waals surface area contributed by atoms with Crippen LogP contribution in [0.2, 0.25) is 0 Å². The fraction of sp³-hybridized carbons (Fsp3) is 0. The summed E-state index contributed by atoms with van der Waals surface area (Å²) in [4.78, 5) is 4.34. The third kappa shape index (κ3) is 4.14. The molecule has 0 unspecified atom stereocenters. The standard InChI is InChI=1S/C51H31N/c1-3-13-33(14-4-1)48-41-26-25-36(47-39-21-9-7-19-37(39)45(35-27-29-52-30-28-35)38-20-8-10-22-40(38)47)31-44(41)49(34-15-5-2-6-16-34)51-43-24-12-18-32-17-11-23-42(46(32)43)50(48)51/h1-31H. The van der Waals surface area contributed by atoms with Crippen molar-refractivity contribution in [1.82, 2.24) is 4.98 Å². The van der Waals surface area contributed by atoms with Gasteiger partial charge in [-0.05, 0) is 128 Å². The summed E-state index contributed by atoms with van der Waals surface area (Å²) in [7, 11) is 0. The van der Waals surface area contributed by atoms with E-state index in [1.165, 1.54) is 110 Å². The van der Waals surface area contributed by atoms with Crippen molar-refractivity contribution in [3.8, 4) is 66.8 Å². The fourth-order valence-corrected chi connectivity index (χ4v) is 9.02. The molecule has 9 aromatic carbocycles. The highest BCUT2D eigenvalue weighted by Crippen LogP contribution is 2.58. The van der Waals surface area contributed by atoms with E-state index in [9.17, 15) is 0 Å². The Bertz CT molecular complexity index is 2970. The first-order valence-electron chi connectivity index (χ1n) is 18.0. The first-order chi connectivity index (χ1) is 25.8. The van der Waals surface area contributed by atoms with E-state index >= 15 is 0 Å². The molecule has 10 aromatic rings. The number of aromatic nitrogens is 1. The molecule has 1 heterocycles. The van der Waals surface area contributed by atoms with E-state index in [2.05, 4.69) is 181 Å². The maximum Gasteiger partial charge on any atom is 0.0273 e. The van der Waals surface area contributed by atoms with Crippen molar-refractivity contribution in [2.24, 2.45) is 0 Å². The molecule has 1 heteroatoms. The summed E-state index contributed by atoms with van der Waals surface area (Å²) in [6.45, 7) is 0. The van der Waals surface area contributed by atoms with Crippen LogP contribution in [-0.4, -0.2) is 4.98 Å². The van der Waals surface area contributed by atoms with Crippen LogP contribution in [0.25, 0.3) is 110 Å². The Labute approximate surface area is 302 Å². The summed E-state index contributed by atoms with van der Waals surface area (Å²) in [6.07, 6.45) is 3.78. The molecule has 0 saturated carbocycles. The molecule has 1 aliphatic carbocycles. The lowest BCUT2D eigenvalue weighted by atomic mass is 9.81. The Hall–Kier alpha value is -6.83. The quantitative estimate of drug-likeness (QED) is 0.172. The maximum absolute atomic E-state index is 4.34. The van der Waals surface area contributed by atoms with Gasteiger partial charge in [-0.25, -0.2) is 0 Å². The average Bonchev–Trinajstić information content (AvgIpc) is 3.54. The molecule has 0 aliphatic heterocycles. The van der Waals surface area contributed by atoms with Crippen LogP contribution in [0.1, 0.15) is 0 Å². The zero-order valence-corrected chi connectivity index (χ0v) is 28.3. The normalized spacial score (nSPS) is 11.8. The van der Waals surface area contributed by atoms with Crippen molar-refractivity contribution in [3.63, 3.8) is 0 Å². The molecule has 0 saturated heterocycles. The molecule has 0 atom stereocenters. The Morgan fingerprint density at radius 2 is 0.712 bits per heavy atom. The molecular weight excluding hydrogens is 627 g/mol. The van der Waals surface area contributed by atoms with E-state index in [0.29, 0.717) is 0 Å². The second kappa shape index (κ2) is 11.3. The summed E-state index contributed by atoms with van der Waals surface area (Å²) >= 11 is 0. The van der Waals surface area contributed by atoms with Crippen molar-refractivity contribution in [2.75, 3.05) is 0 Å². The molecule has 0 N–H and O–H groups in total. The minimum atomic E-state index is 1.18.